The van der Waals surface area contributed by atoms with Gasteiger partial charge in [0.1, 0.15) is 0 Å². The van der Waals surface area contributed by atoms with Gasteiger partial charge < -0.3 is 10.2 Å². The van der Waals surface area contributed by atoms with Crippen LogP contribution in [0.5, 0.6) is 0 Å². The number of piperidine rings is 1. The lowest BCUT2D eigenvalue weighted by molar-refractivity contribution is -0.127. The predicted molar refractivity (Wildman–Crippen MR) is 110 cm³/mol. The van der Waals surface area contributed by atoms with Crippen molar-refractivity contribution in [3.63, 3.8) is 0 Å². The summed E-state index contributed by atoms with van der Waals surface area (Å²) in [4.78, 5) is 27.5. The third-order valence-electron chi connectivity index (χ3n) is 5.86. The molecule has 5 heteroatoms. The van der Waals surface area contributed by atoms with E-state index in [-0.39, 0.29) is 23.8 Å². The normalized spacial score (nSPS) is 21.7. The van der Waals surface area contributed by atoms with E-state index in [9.17, 15) is 9.59 Å². The Morgan fingerprint density at radius 1 is 1.00 bits per heavy atom. The van der Waals surface area contributed by atoms with Gasteiger partial charge >= 0.3 is 0 Å². The molecule has 1 aliphatic carbocycles. The molecular weight excluding hydrogens is 372 g/mol. The second-order valence-corrected chi connectivity index (χ2v) is 8.19. The van der Waals surface area contributed by atoms with Crippen LogP contribution in [-0.4, -0.2) is 29.8 Å². The minimum atomic E-state index is -0.154. The molecule has 2 atom stereocenters. The number of carbonyl (C=O) groups excluding carboxylic acids is 2. The van der Waals surface area contributed by atoms with E-state index in [2.05, 4.69) is 23.5 Å². The maximum Gasteiger partial charge on any atom is 0.253 e. The third-order valence-corrected chi connectivity index (χ3v) is 6.11. The molecule has 28 heavy (non-hydrogen) atoms. The van der Waals surface area contributed by atoms with E-state index in [1.807, 2.05) is 6.07 Å². The smallest absolute Gasteiger partial charge is 0.253 e. The standard InChI is InChI=1S/C23H25ClN2O2/c24-19-12-10-17(11-13-19)23(28)26-14-4-7-18(15-26)22(27)25-21-9-3-6-16-5-1-2-8-20(16)21/h1-2,5,8,10-13,18,21H,3-4,6-7,9,14-15H2,(H,25,27). The summed E-state index contributed by atoms with van der Waals surface area (Å²) >= 11 is 5.92. The Balaban J connectivity index is 1.41. The van der Waals surface area contributed by atoms with Crippen molar-refractivity contribution in [2.24, 2.45) is 5.92 Å². The number of hydrogen-bond donors (Lipinski definition) is 1. The molecule has 1 heterocycles. The number of carbonyl (C=O) groups is 2. The maximum atomic E-state index is 13.0. The van der Waals surface area contributed by atoms with Gasteiger partial charge in [0.15, 0.2) is 0 Å². The molecule has 1 saturated heterocycles. The summed E-state index contributed by atoms with van der Waals surface area (Å²) in [5.41, 5.74) is 3.20. The molecule has 2 aromatic rings. The van der Waals surface area contributed by atoms with Gasteiger partial charge in [0.2, 0.25) is 5.91 Å². The minimum Gasteiger partial charge on any atom is -0.349 e. The van der Waals surface area contributed by atoms with Gasteiger partial charge in [-0.1, -0.05) is 35.9 Å². The highest BCUT2D eigenvalue weighted by molar-refractivity contribution is 6.30. The lowest BCUT2D eigenvalue weighted by atomic mass is 9.87. The summed E-state index contributed by atoms with van der Waals surface area (Å²) in [5, 5.41) is 3.87. The van der Waals surface area contributed by atoms with Gasteiger partial charge in [-0.05, 0) is 67.5 Å². The molecule has 0 spiro atoms. The Kier molecular flexibility index (Phi) is 5.67. The van der Waals surface area contributed by atoms with Crippen LogP contribution in [0.1, 0.15) is 53.2 Å². The van der Waals surface area contributed by atoms with Gasteiger partial charge in [0, 0.05) is 23.7 Å². The fraction of sp³-hybridized carbons (Fsp3) is 0.391. The first-order valence-electron chi connectivity index (χ1n) is 10.0. The number of aryl methyl sites for hydroxylation is 1. The molecule has 2 amide bonds. The van der Waals surface area contributed by atoms with Gasteiger partial charge in [0.25, 0.3) is 5.91 Å². The van der Waals surface area contributed by atoms with Crippen LogP contribution in [0.3, 0.4) is 0 Å². The second-order valence-electron chi connectivity index (χ2n) is 7.75. The Hall–Kier alpha value is -2.33. The highest BCUT2D eigenvalue weighted by Gasteiger charge is 2.31. The number of nitrogens with one attached hydrogen (secondary N) is 1. The molecule has 4 rings (SSSR count). The number of nitrogens with zero attached hydrogens (tertiary/aromatic N) is 1. The Morgan fingerprint density at radius 3 is 2.61 bits per heavy atom. The van der Waals surface area contributed by atoms with E-state index in [1.165, 1.54) is 11.1 Å². The average molecular weight is 397 g/mol. The summed E-state index contributed by atoms with van der Waals surface area (Å²) in [6, 6.07) is 15.4. The highest BCUT2D eigenvalue weighted by atomic mass is 35.5. The number of fused-ring (bicyclic) bond motifs is 1. The molecule has 1 fully saturated rings. The van der Waals surface area contributed by atoms with Crippen molar-refractivity contribution >= 4 is 23.4 Å². The van der Waals surface area contributed by atoms with Crippen molar-refractivity contribution < 1.29 is 9.59 Å². The molecule has 0 saturated carbocycles. The molecule has 1 N–H and O–H groups in total. The molecule has 1 aliphatic heterocycles. The van der Waals surface area contributed by atoms with Crippen molar-refractivity contribution in [1.29, 1.82) is 0 Å². The molecule has 2 aliphatic rings. The number of likely N-dealkylation sites (tertiary alicyclic amines) is 1. The fourth-order valence-electron chi connectivity index (χ4n) is 4.34. The summed E-state index contributed by atoms with van der Waals surface area (Å²) in [7, 11) is 0. The van der Waals surface area contributed by atoms with Crippen molar-refractivity contribution in [1.82, 2.24) is 10.2 Å². The van der Waals surface area contributed by atoms with E-state index in [1.54, 1.807) is 29.2 Å². The number of rotatable bonds is 3. The molecule has 4 nitrogen and oxygen atoms in total. The maximum absolute atomic E-state index is 13.0. The van der Waals surface area contributed by atoms with Crippen LogP contribution < -0.4 is 5.32 Å². The molecule has 0 aromatic heterocycles. The van der Waals surface area contributed by atoms with E-state index < -0.39 is 0 Å². The second kappa shape index (κ2) is 8.36. The molecule has 2 aromatic carbocycles. The largest absolute Gasteiger partial charge is 0.349 e. The van der Waals surface area contributed by atoms with Crippen LogP contribution in [0.15, 0.2) is 48.5 Å². The predicted octanol–water partition coefficient (Wildman–Crippen LogP) is 4.39. The van der Waals surface area contributed by atoms with Gasteiger partial charge in [-0.25, -0.2) is 0 Å². The first-order chi connectivity index (χ1) is 13.6. The Bertz CT molecular complexity index is 865. The van der Waals surface area contributed by atoms with E-state index in [4.69, 9.17) is 11.6 Å². The van der Waals surface area contributed by atoms with Crippen LogP contribution >= 0.6 is 11.6 Å². The van der Waals surface area contributed by atoms with Crippen LogP contribution in [-0.2, 0) is 11.2 Å². The van der Waals surface area contributed by atoms with Gasteiger partial charge in [-0.15, -0.1) is 0 Å². The third kappa shape index (κ3) is 4.07. The minimum absolute atomic E-state index is 0.0304. The van der Waals surface area contributed by atoms with Gasteiger partial charge in [-0.3, -0.25) is 9.59 Å². The number of benzene rings is 2. The topological polar surface area (TPSA) is 49.4 Å². The quantitative estimate of drug-likeness (QED) is 0.836. The lowest BCUT2D eigenvalue weighted by Gasteiger charge is -2.34. The van der Waals surface area contributed by atoms with E-state index in [0.717, 1.165) is 32.1 Å². The molecule has 2 unspecified atom stereocenters. The van der Waals surface area contributed by atoms with Crippen molar-refractivity contribution in [3.05, 3.63) is 70.2 Å². The first kappa shape index (κ1) is 19.0. The van der Waals surface area contributed by atoms with Crippen molar-refractivity contribution in [2.75, 3.05) is 13.1 Å². The molecule has 0 bridgehead atoms. The van der Waals surface area contributed by atoms with Crippen LogP contribution in [0.2, 0.25) is 5.02 Å². The zero-order valence-corrected chi connectivity index (χ0v) is 16.6. The van der Waals surface area contributed by atoms with Gasteiger partial charge in [-0.2, -0.15) is 0 Å². The monoisotopic (exact) mass is 396 g/mol. The number of amides is 2. The fourth-order valence-corrected chi connectivity index (χ4v) is 4.47. The number of halogens is 1. The van der Waals surface area contributed by atoms with E-state index >= 15 is 0 Å². The summed E-state index contributed by atoms with van der Waals surface area (Å²) in [6.45, 7) is 1.17. The van der Waals surface area contributed by atoms with Crippen molar-refractivity contribution in [3.8, 4) is 0 Å². The van der Waals surface area contributed by atoms with Crippen LogP contribution in [0, 0.1) is 5.92 Å². The zero-order valence-electron chi connectivity index (χ0n) is 15.9. The molecule has 146 valence electrons. The molecular formula is C23H25ClN2O2. The van der Waals surface area contributed by atoms with E-state index in [0.29, 0.717) is 23.7 Å². The van der Waals surface area contributed by atoms with Crippen LogP contribution in [0.4, 0.5) is 0 Å². The van der Waals surface area contributed by atoms with Crippen molar-refractivity contribution in [2.45, 2.75) is 38.1 Å². The Labute approximate surface area is 170 Å². The highest BCUT2D eigenvalue weighted by Crippen LogP contribution is 2.30. The molecule has 0 radical (unpaired) electrons. The lowest BCUT2D eigenvalue weighted by Crippen LogP contribution is -2.46. The summed E-state index contributed by atoms with van der Waals surface area (Å²) < 4.78 is 0. The Morgan fingerprint density at radius 2 is 1.79 bits per heavy atom. The first-order valence-corrected chi connectivity index (χ1v) is 10.4. The average Bonchev–Trinajstić information content (AvgIpc) is 2.74. The van der Waals surface area contributed by atoms with Gasteiger partial charge in [0.05, 0.1) is 12.0 Å². The zero-order chi connectivity index (χ0) is 19.5. The van der Waals surface area contributed by atoms with Crippen LogP contribution in [0.25, 0.3) is 0 Å². The SMILES string of the molecule is O=C(NC1CCCc2ccccc21)C1CCCN(C(=O)c2ccc(Cl)cc2)C1. The number of hydrogen-bond acceptors (Lipinski definition) is 2. The summed E-state index contributed by atoms with van der Waals surface area (Å²) in [5.74, 6) is -0.119. The summed E-state index contributed by atoms with van der Waals surface area (Å²) in [6.07, 6.45) is 4.81.